The SMILES string of the molecule is CCC(N)Cc1cc(C)ccc1N1CCC(C(C)C)CC1. The predicted molar refractivity (Wildman–Crippen MR) is 92.9 cm³/mol. The predicted octanol–water partition coefficient (Wildman–Crippen LogP) is 4.15. The van der Waals surface area contributed by atoms with Gasteiger partial charge >= 0.3 is 0 Å². The largest absolute Gasteiger partial charge is 0.371 e. The Bertz CT molecular complexity index is 445. The fraction of sp³-hybridized carbons (Fsp3) is 0.684. The molecule has 0 aliphatic carbocycles. The first-order valence-electron chi connectivity index (χ1n) is 8.61. The molecule has 2 N–H and O–H groups in total. The normalized spacial score (nSPS) is 18.3. The van der Waals surface area contributed by atoms with Crippen LogP contribution < -0.4 is 10.6 Å². The number of rotatable bonds is 5. The summed E-state index contributed by atoms with van der Waals surface area (Å²) in [4.78, 5) is 2.58. The van der Waals surface area contributed by atoms with Crippen LogP contribution in [0.1, 0.15) is 51.2 Å². The second-order valence-corrected chi connectivity index (χ2v) is 7.07. The molecule has 1 heterocycles. The van der Waals surface area contributed by atoms with E-state index in [2.05, 4.69) is 50.8 Å². The summed E-state index contributed by atoms with van der Waals surface area (Å²) in [5.41, 5.74) is 10.4. The van der Waals surface area contributed by atoms with Crippen molar-refractivity contribution in [1.82, 2.24) is 0 Å². The molecular formula is C19H32N2. The number of aryl methyl sites for hydroxylation is 1. The Morgan fingerprint density at radius 2 is 1.90 bits per heavy atom. The number of hydrogen-bond donors (Lipinski definition) is 1. The lowest BCUT2D eigenvalue weighted by Crippen LogP contribution is -2.36. The molecule has 118 valence electrons. The molecule has 2 heteroatoms. The molecule has 0 saturated carbocycles. The Morgan fingerprint density at radius 1 is 1.24 bits per heavy atom. The Balaban J connectivity index is 2.12. The zero-order valence-electron chi connectivity index (χ0n) is 14.2. The molecule has 0 bridgehead atoms. The Labute approximate surface area is 130 Å². The minimum atomic E-state index is 0.277. The van der Waals surface area contributed by atoms with Crippen molar-refractivity contribution in [3.8, 4) is 0 Å². The molecule has 1 saturated heterocycles. The molecule has 2 nitrogen and oxygen atoms in total. The summed E-state index contributed by atoms with van der Waals surface area (Å²) in [5, 5.41) is 0. The average molecular weight is 288 g/mol. The number of nitrogens with zero attached hydrogens (tertiary/aromatic N) is 1. The molecule has 1 fully saturated rings. The van der Waals surface area contributed by atoms with Gasteiger partial charge in [-0.2, -0.15) is 0 Å². The van der Waals surface area contributed by atoms with Gasteiger partial charge in [-0.3, -0.25) is 0 Å². The maximum absolute atomic E-state index is 6.20. The van der Waals surface area contributed by atoms with Crippen LogP contribution in [0.4, 0.5) is 5.69 Å². The smallest absolute Gasteiger partial charge is 0.0399 e. The van der Waals surface area contributed by atoms with Crippen LogP contribution in [0.2, 0.25) is 0 Å². The van der Waals surface area contributed by atoms with Gasteiger partial charge in [0.1, 0.15) is 0 Å². The topological polar surface area (TPSA) is 29.3 Å². The lowest BCUT2D eigenvalue weighted by atomic mass is 9.86. The molecule has 1 aliphatic rings. The highest BCUT2D eigenvalue weighted by Gasteiger charge is 2.23. The summed E-state index contributed by atoms with van der Waals surface area (Å²) >= 11 is 0. The maximum atomic E-state index is 6.20. The van der Waals surface area contributed by atoms with E-state index in [9.17, 15) is 0 Å². The quantitative estimate of drug-likeness (QED) is 0.882. The summed E-state index contributed by atoms with van der Waals surface area (Å²) in [6.45, 7) is 11.5. The van der Waals surface area contributed by atoms with E-state index in [1.54, 1.807) is 0 Å². The molecule has 0 radical (unpaired) electrons. The molecule has 0 spiro atoms. The number of piperidine rings is 1. The third-order valence-corrected chi connectivity index (χ3v) is 5.06. The average Bonchev–Trinajstić information content (AvgIpc) is 2.47. The Kier molecular flexibility index (Phi) is 5.69. The Morgan fingerprint density at radius 3 is 2.48 bits per heavy atom. The third kappa shape index (κ3) is 4.23. The van der Waals surface area contributed by atoms with E-state index in [0.717, 1.165) is 24.7 Å². The van der Waals surface area contributed by atoms with E-state index in [4.69, 9.17) is 5.73 Å². The van der Waals surface area contributed by atoms with Crippen LogP contribution in [0.5, 0.6) is 0 Å². The van der Waals surface area contributed by atoms with Crippen LogP contribution >= 0.6 is 0 Å². The molecule has 0 aromatic heterocycles. The first-order valence-corrected chi connectivity index (χ1v) is 8.61. The second-order valence-electron chi connectivity index (χ2n) is 7.07. The molecule has 21 heavy (non-hydrogen) atoms. The number of nitrogens with two attached hydrogens (primary N) is 1. The van der Waals surface area contributed by atoms with E-state index in [1.807, 2.05) is 0 Å². The number of anilines is 1. The monoisotopic (exact) mass is 288 g/mol. The van der Waals surface area contributed by atoms with Gasteiger partial charge in [-0.25, -0.2) is 0 Å². The Hall–Kier alpha value is -1.02. The van der Waals surface area contributed by atoms with Crippen LogP contribution in [0.25, 0.3) is 0 Å². The molecule has 1 atom stereocenters. The second kappa shape index (κ2) is 7.31. The molecule has 1 aromatic carbocycles. The fourth-order valence-electron chi connectivity index (χ4n) is 3.42. The van der Waals surface area contributed by atoms with Gasteiger partial charge in [-0.15, -0.1) is 0 Å². The fourth-order valence-corrected chi connectivity index (χ4v) is 3.42. The van der Waals surface area contributed by atoms with Crippen LogP contribution in [0.15, 0.2) is 18.2 Å². The van der Waals surface area contributed by atoms with E-state index < -0.39 is 0 Å². The van der Waals surface area contributed by atoms with Gasteiger partial charge in [0.05, 0.1) is 0 Å². The highest BCUT2D eigenvalue weighted by atomic mass is 15.1. The summed E-state index contributed by atoms with van der Waals surface area (Å²) in [7, 11) is 0. The summed E-state index contributed by atoms with van der Waals surface area (Å²) in [6.07, 6.45) is 4.69. The molecular weight excluding hydrogens is 256 g/mol. The molecule has 0 amide bonds. The highest BCUT2D eigenvalue weighted by molar-refractivity contribution is 5.55. The van der Waals surface area contributed by atoms with Gasteiger partial charge in [-0.1, -0.05) is 38.5 Å². The molecule has 1 unspecified atom stereocenters. The summed E-state index contributed by atoms with van der Waals surface area (Å²) in [5.74, 6) is 1.71. The first-order chi connectivity index (χ1) is 10.0. The van der Waals surface area contributed by atoms with E-state index in [-0.39, 0.29) is 6.04 Å². The van der Waals surface area contributed by atoms with Crippen molar-refractivity contribution in [2.75, 3.05) is 18.0 Å². The maximum Gasteiger partial charge on any atom is 0.0399 e. The van der Waals surface area contributed by atoms with Gasteiger partial charge in [0.2, 0.25) is 0 Å². The molecule has 1 aromatic rings. The summed E-state index contributed by atoms with van der Waals surface area (Å²) in [6, 6.07) is 7.16. The minimum absolute atomic E-state index is 0.277. The van der Waals surface area contributed by atoms with Crippen molar-refractivity contribution < 1.29 is 0 Å². The minimum Gasteiger partial charge on any atom is -0.371 e. The highest BCUT2D eigenvalue weighted by Crippen LogP contribution is 2.30. The van der Waals surface area contributed by atoms with E-state index in [1.165, 1.54) is 42.7 Å². The van der Waals surface area contributed by atoms with Crippen molar-refractivity contribution in [2.24, 2.45) is 17.6 Å². The van der Waals surface area contributed by atoms with Crippen LogP contribution in [0.3, 0.4) is 0 Å². The third-order valence-electron chi connectivity index (χ3n) is 5.06. The first kappa shape index (κ1) is 16.4. The van der Waals surface area contributed by atoms with Crippen molar-refractivity contribution in [3.05, 3.63) is 29.3 Å². The zero-order valence-corrected chi connectivity index (χ0v) is 14.2. The van der Waals surface area contributed by atoms with E-state index in [0.29, 0.717) is 0 Å². The van der Waals surface area contributed by atoms with Crippen molar-refractivity contribution in [2.45, 2.75) is 59.4 Å². The standard InChI is InChI=1S/C19H32N2/c1-5-18(20)13-17-12-15(4)6-7-19(17)21-10-8-16(9-11-21)14(2)3/h6-7,12,14,16,18H,5,8-11,13,20H2,1-4H3. The van der Waals surface area contributed by atoms with Crippen molar-refractivity contribution in [1.29, 1.82) is 0 Å². The van der Waals surface area contributed by atoms with Gasteiger partial charge < -0.3 is 10.6 Å². The van der Waals surface area contributed by atoms with E-state index >= 15 is 0 Å². The summed E-state index contributed by atoms with van der Waals surface area (Å²) < 4.78 is 0. The lowest BCUT2D eigenvalue weighted by molar-refractivity contribution is 0.311. The number of benzene rings is 1. The van der Waals surface area contributed by atoms with Crippen molar-refractivity contribution >= 4 is 5.69 Å². The zero-order chi connectivity index (χ0) is 15.4. The van der Waals surface area contributed by atoms with Gasteiger partial charge in [0, 0.05) is 24.8 Å². The van der Waals surface area contributed by atoms with Gasteiger partial charge in [-0.05, 0) is 56.1 Å². The number of hydrogen-bond acceptors (Lipinski definition) is 2. The van der Waals surface area contributed by atoms with Gasteiger partial charge in [0.15, 0.2) is 0 Å². The molecule has 1 aliphatic heterocycles. The van der Waals surface area contributed by atoms with Crippen LogP contribution in [-0.4, -0.2) is 19.1 Å². The van der Waals surface area contributed by atoms with Crippen LogP contribution in [0, 0.1) is 18.8 Å². The van der Waals surface area contributed by atoms with Gasteiger partial charge in [0.25, 0.3) is 0 Å². The van der Waals surface area contributed by atoms with Crippen LogP contribution in [-0.2, 0) is 6.42 Å². The van der Waals surface area contributed by atoms with Crippen molar-refractivity contribution in [3.63, 3.8) is 0 Å². The molecule has 2 rings (SSSR count). The lowest BCUT2D eigenvalue weighted by Gasteiger charge is -2.36.